The largest absolute Gasteiger partial charge is 0.284 e. The lowest BCUT2D eigenvalue weighted by Crippen LogP contribution is -2.35. The van der Waals surface area contributed by atoms with Gasteiger partial charge in [-0.15, -0.1) is 11.6 Å². The minimum absolute atomic E-state index is 0.126. The van der Waals surface area contributed by atoms with Crippen LogP contribution in [-0.4, -0.2) is 30.5 Å². The maximum atomic E-state index is 11.6. The molecule has 0 amide bonds. The molecule has 1 rings (SSSR count). The monoisotopic (exact) mass is 237 g/mol. The van der Waals surface area contributed by atoms with Gasteiger partial charge in [0, 0.05) is 18.1 Å². The molecule has 1 atom stereocenters. The summed E-state index contributed by atoms with van der Waals surface area (Å²) in [6, 6.07) is -0.239. The average molecular weight is 238 g/mol. The summed E-state index contributed by atoms with van der Waals surface area (Å²) in [5, 5.41) is 6.01. The van der Waals surface area contributed by atoms with Crippen molar-refractivity contribution in [1.82, 2.24) is 14.9 Å². The smallest absolute Gasteiger partial charge is 0.243 e. The van der Waals surface area contributed by atoms with Crippen molar-refractivity contribution in [3.05, 3.63) is 12.4 Å². The summed E-state index contributed by atoms with van der Waals surface area (Å²) in [6.07, 6.45) is 3.23. The van der Waals surface area contributed by atoms with Gasteiger partial charge in [0.1, 0.15) is 4.90 Å². The number of halogens is 1. The van der Waals surface area contributed by atoms with E-state index in [0.717, 1.165) is 0 Å². The fourth-order valence-corrected chi connectivity index (χ4v) is 2.51. The van der Waals surface area contributed by atoms with Gasteiger partial charge < -0.3 is 0 Å². The van der Waals surface area contributed by atoms with Gasteiger partial charge in [-0.1, -0.05) is 6.92 Å². The molecule has 0 radical (unpaired) electrons. The summed E-state index contributed by atoms with van der Waals surface area (Å²) >= 11 is 5.58. The summed E-state index contributed by atoms with van der Waals surface area (Å²) in [7, 11) is -3.47. The van der Waals surface area contributed by atoms with Crippen LogP contribution in [0.5, 0.6) is 0 Å². The Morgan fingerprint density at radius 1 is 1.71 bits per heavy atom. The average Bonchev–Trinajstić information content (AvgIpc) is 2.67. The number of nitrogens with zero attached hydrogens (tertiary/aromatic N) is 1. The molecule has 2 N–H and O–H groups in total. The number of alkyl halides is 1. The quantitative estimate of drug-likeness (QED) is 0.741. The lowest BCUT2D eigenvalue weighted by Gasteiger charge is -2.12. The molecule has 0 fully saturated rings. The van der Waals surface area contributed by atoms with E-state index >= 15 is 0 Å². The second-order valence-corrected chi connectivity index (χ2v) is 4.84. The van der Waals surface area contributed by atoms with E-state index in [9.17, 15) is 8.42 Å². The van der Waals surface area contributed by atoms with E-state index in [1.54, 1.807) is 0 Å². The standard InChI is InChI=1S/C7H12ClN3O2S/c1-2-6(3-8)11-14(12,13)7-4-9-10-5-7/h4-6,11H,2-3H2,1H3,(H,9,10). The van der Waals surface area contributed by atoms with Crippen LogP contribution in [0.3, 0.4) is 0 Å². The Balaban J connectivity index is 2.77. The van der Waals surface area contributed by atoms with E-state index in [0.29, 0.717) is 6.42 Å². The first-order valence-corrected chi connectivity index (χ1v) is 6.19. The van der Waals surface area contributed by atoms with Crippen LogP contribution in [-0.2, 0) is 10.0 Å². The van der Waals surface area contributed by atoms with E-state index in [1.165, 1.54) is 12.4 Å². The Bertz CT molecular complexity index is 358. The fourth-order valence-electron chi connectivity index (χ4n) is 0.897. The molecule has 1 unspecified atom stereocenters. The van der Waals surface area contributed by atoms with Crippen molar-refractivity contribution in [2.75, 3.05) is 5.88 Å². The summed E-state index contributed by atoms with van der Waals surface area (Å²) < 4.78 is 25.7. The second kappa shape index (κ2) is 4.77. The van der Waals surface area contributed by atoms with Crippen LogP contribution < -0.4 is 4.72 Å². The lowest BCUT2D eigenvalue weighted by atomic mass is 10.3. The molecule has 0 aliphatic rings. The highest BCUT2D eigenvalue weighted by Gasteiger charge is 2.18. The van der Waals surface area contributed by atoms with Crippen LogP contribution in [0.1, 0.15) is 13.3 Å². The molecule has 1 heterocycles. The topological polar surface area (TPSA) is 74.8 Å². The predicted molar refractivity (Wildman–Crippen MR) is 53.7 cm³/mol. The minimum Gasteiger partial charge on any atom is -0.284 e. The minimum atomic E-state index is -3.47. The lowest BCUT2D eigenvalue weighted by molar-refractivity contribution is 0.557. The van der Waals surface area contributed by atoms with Gasteiger partial charge >= 0.3 is 0 Å². The van der Waals surface area contributed by atoms with Crippen molar-refractivity contribution in [3.8, 4) is 0 Å². The molecule has 1 aromatic heterocycles. The van der Waals surface area contributed by atoms with Crippen LogP contribution >= 0.6 is 11.6 Å². The Morgan fingerprint density at radius 2 is 2.43 bits per heavy atom. The number of H-pyrrole nitrogens is 1. The van der Waals surface area contributed by atoms with Gasteiger partial charge in [0.25, 0.3) is 0 Å². The highest BCUT2D eigenvalue weighted by Crippen LogP contribution is 2.07. The molecule has 0 aliphatic heterocycles. The highest BCUT2D eigenvalue weighted by atomic mass is 35.5. The molecule has 1 aromatic rings. The zero-order valence-corrected chi connectivity index (χ0v) is 9.27. The third-order valence-corrected chi connectivity index (χ3v) is 3.64. The normalized spacial score (nSPS) is 14.1. The Hall–Kier alpha value is -0.590. The van der Waals surface area contributed by atoms with Gasteiger partial charge in [0.05, 0.1) is 6.20 Å². The first-order valence-electron chi connectivity index (χ1n) is 4.17. The highest BCUT2D eigenvalue weighted by molar-refractivity contribution is 7.89. The zero-order valence-electron chi connectivity index (χ0n) is 7.70. The Kier molecular flexibility index (Phi) is 3.91. The van der Waals surface area contributed by atoms with E-state index in [1.807, 2.05) is 6.92 Å². The molecule has 0 aromatic carbocycles. The van der Waals surface area contributed by atoms with Crippen LogP contribution in [0, 0.1) is 0 Å². The van der Waals surface area contributed by atoms with Crippen molar-refractivity contribution < 1.29 is 8.42 Å². The molecule has 0 saturated carbocycles. The number of hydrogen-bond donors (Lipinski definition) is 2. The Labute approximate surface area is 87.9 Å². The van der Waals surface area contributed by atoms with Gasteiger partial charge in [-0.2, -0.15) is 5.10 Å². The van der Waals surface area contributed by atoms with E-state index in [-0.39, 0.29) is 16.8 Å². The van der Waals surface area contributed by atoms with Gasteiger partial charge in [-0.3, -0.25) is 5.10 Å². The number of sulfonamides is 1. The predicted octanol–water partition coefficient (Wildman–Crippen LogP) is 0.705. The van der Waals surface area contributed by atoms with Crippen LogP contribution in [0.4, 0.5) is 0 Å². The van der Waals surface area contributed by atoms with E-state index < -0.39 is 10.0 Å². The number of aromatic amines is 1. The molecule has 0 bridgehead atoms. The number of aromatic nitrogens is 2. The van der Waals surface area contributed by atoms with E-state index in [2.05, 4.69) is 14.9 Å². The van der Waals surface area contributed by atoms with Gasteiger partial charge in [0.15, 0.2) is 0 Å². The molecule has 5 nitrogen and oxygen atoms in total. The van der Waals surface area contributed by atoms with Crippen LogP contribution in [0.15, 0.2) is 17.3 Å². The van der Waals surface area contributed by atoms with Crippen molar-refractivity contribution >= 4 is 21.6 Å². The third-order valence-electron chi connectivity index (χ3n) is 1.78. The first-order chi connectivity index (χ1) is 6.60. The zero-order chi connectivity index (χ0) is 10.6. The van der Waals surface area contributed by atoms with Crippen LogP contribution in [0.25, 0.3) is 0 Å². The van der Waals surface area contributed by atoms with Crippen molar-refractivity contribution in [2.45, 2.75) is 24.3 Å². The van der Waals surface area contributed by atoms with Crippen molar-refractivity contribution in [1.29, 1.82) is 0 Å². The van der Waals surface area contributed by atoms with Crippen LogP contribution in [0.2, 0.25) is 0 Å². The number of nitrogens with one attached hydrogen (secondary N) is 2. The maximum Gasteiger partial charge on any atom is 0.243 e. The molecule has 0 aliphatic carbocycles. The summed E-state index contributed by atoms with van der Waals surface area (Å²) in [6.45, 7) is 1.87. The van der Waals surface area contributed by atoms with Crippen molar-refractivity contribution in [2.24, 2.45) is 0 Å². The molecule has 7 heteroatoms. The third kappa shape index (κ3) is 2.70. The summed E-state index contributed by atoms with van der Waals surface area (Å²) in [4.78, 5) is 0.126. The molecule has 0 spiro atoms. The Morgan fingerprint density at radius 3 is 2.86 bits per heavy atom. The summed E-state index contributed by atoms with van der Waals surface area (Å²) in [5.74, 6) is 0.258. The summed E-state index contributed by atoms with van der Waals surface area (Å²) in [5.41, 5.74) is 0. The molecular weight excluding hydrogens is 226 g/mol. The number of rotatable bonds is 5. The molecule has 14 heavy (non-hydrogen) atoms. The SMILES string of the molecule is CCC(CCl)NS(=O)(=O)c1cn[nH]c1. The molecule has 80 valence electrons. The first kappa shape index (κ1) is 11.5. The van der Waals surface area contributed by atoms with E-state index in [4.69, 9.17) is 11.6 Å². The van der Waals surface area contributed by atoms with Gasteiger partial charge in [-0.05, 0) is 6.42 Å². The fraction of sp³-hybridized carbons (Fsp3) is 0.571. The molecule has 0 saturated heterocycles. The molecular formula is C7H12ClN3O2S. The maximum absolute atomic E-state index is 11.6. The van der Waals surface area contributed by atoms with Gasteiger partial charge in [0.2, 0.25) is 10.0 Å². The number of hydrogen-bond acceptors (Lipinski definition) is 3. The van der Waals surface area contributed by atoms with Gasteiger partial charge in [-0.25, -0.2) is 13.1 Å². The van der Waals surface area contributed by atoms with Crippen molar-refractivity contribution in [3.63, 3.8) is 0 Å². The second-order valence-electron chi connectivity index (χ2n) is 2.81.